The fourth-order valence-electron chi connectivity index (χ4n) is 0.644. The molecule has 3 heteroatoms. The first-order valence-corrected chi connectivity index (χ1v) is 3.34. The third kappa shape index (κ3) is 1.86. The van der Waals surface area contributed by atoms with Gasteiger partial charge in [-0.15, -0.1) is 6.42 Å². The lowest BCUT2D eigenvalue weighted by Crippen LogP contribution is -1.93. The number of furan rings is 1. The van der Waals surface area contributed by atoms with Crippen LogP contribution in [0.3, 0.4) is 0 Å². The van der Waals surface area contributed by atoms with Crippen molar-refractivity contribution < 1.29 is 9.21 Å². The Morgan fingerprint density at radius 2 is 2.45 bits per heavy atom. The van der Waals surface area contributed by atoms with Gasteiger partial charge in [-0.1, -0.05) is 5.92 Å². The summed E-state index contributed by atoms with van der Waals surface area (Å²) < 4.78 is 4.82. The molecule has 0 aliphatic heterocycles. The summed E-state index contributed by atoms with van der Waals surface area (Å²) in [5.74, 6) is 2.22. The maximum Gasteiger partial charge on any atom is 0.209 e. The van der Waals surface area contributed by atoms with Gasteiger partial charge in [0.15, 0.2) is 11.0 Å². The standard InChI is InChI=1S/C8H5ClO2/c1-2-3-6(10)7-4-5-8(9)11-7/h1,4-5H,3H2. The van der Waals surface area contributed by atoms with Gasteiger partial charge in [-0.2, -0.15) is 0 Å². The quantitative estimate of drug-likeness (QED) is 0.500. The minimum Gasteiger partial charge on any atom is -0.442 e. The Balaban J connectivity index is 2.78. The molecular weight excluding hydrogens is 164 g/mol. The van der Waals surface area contributed by atoms with Crippen molar-refractivity contribution in [3.63, 3.8) is 0 Å². The summed E-state index contributed by atoms with van der Waals surface area (Å²) in [7, 11) is 0. The number of Topliss-reactive ketones (excluding diaryl/α,β-unsaturated/α-hetero) is 1. The van der Waals surface area contributed by atoms with E-state index in [-0.39, 0.29) is 23.2 Å². The van der Waals surface area contributed by atoms with Crippen molar-refractivity contribution >= 4 is 17.4 Å². The first-order chi connectivity index (χ1) is 5.24. The molecule has 0 radical (unpaired) electrons. The normalized spacial score (nSPS) is 9.09. The second-order valence-corrected chi connectivity index (χ2v) is 2.28. The van der Waals surface area contributed by atoms with Crippen LogP contribution in [0.5, 0.6) is 0 Å². The Hall–Kier alpha value is -1.20. The van der Waals surface area contributed by atoms with E-state index in [2.05, 4.69) is 5.92 Å². The molecule has 11 heavy (non-hydrogen) atoms. The zero-order valence-corrected chi connectivity index (χ0v) is 6.39. The summed E-state index contributed by atoms with van der Waals surface area (Å²) in [6, 6.07) is 3.01. The van der Waals surface area contributed by atoms with Crippen LogP contribution in [0, 0.1) is 12.3 Å². The van der Waals surface area contributed by atoms with Crippen molar-refractivity contribution in [3.05, 3.63) is 23.1 Å². The summed E-state index contributed by atoms with van der Waals surface area (Å²) in [5.41, 5.74) is 0. The van der Waals surface area contributed by atoms with Gasteiger partial charge in [0.25, 0.3) is 0 Å². The van der Waals surface area contributed by atoms with Gasteiger partial charge in [0.05, 0.1) is 6.42 Å². The highest BCUT2D eigenvalue weighted by Crippen LogP contribution is 2.14. The molecule has 1 aromatic rings. The molecule has 0 N–H and O–H groups in total. The molecule has 0 aromatic carbocycles. The lowest BCUT2D eigenvalue weighted by Gasteiger charge is -1.87. The van der Waals surface area contributed by atoms with Crippen LogP contribution >= 0.6 is 11.6 Å². The van der Waals surface area contributed by atoms with Gasteiger partial charge in [0, 0.05) is 0 Å². The summed E-state index contributed by atoms with van der Waals surface area (Å²) in [6.07, 6.45) is 4.97. The van der Waals surface area contributed by atoms with Crippen LogP contribution in [-0.4, -0.2) is 5.78 Å². The number of hydrogen-bond acceptors (Lipinski definition) is 2. The fraction of sp³-hybridized carbons (Fsp3) is 0.125. The fourth-order valence-corrected chi connectivity index (χ4v) is 0.790. The third-order valence-corrected chi connectivity index (χ3v) is 1.31. The average molecular weight is 169 g/mol. The molecule has 0 aliphatic rings. The topological polar surface area (TPSA) is 30.2 Å². The number of hydrogen-bond donors (Lipinski definition) is 0. The predicted octanol–water partition coefficient (Wildman–Crippen LogP) is 2.14. The van der Waals surface area contributed by atoms with Crippen molar-refractivity contribution in [2.24, 2.45) is 0 Å². The molecule has 0 amide bonds. The number of terminal acetylenes is 1. The minimum atomic E-state index is -0.223. The van der Waals surface area contributed by atoms with E-state index >= 15 is 0 Å². The second-order valence-electron chi connectivity index (χ2n) is 1.91. The van der Waals surface area contributed by atoms with Crippen LogP contribution in [0.1, 0.15) is 17.0 Å². The van der Waals surface area contributed by atoms with Crippen LogP contribution in [0.15, 0.2) is 16.5 Å². The second kappa shape index (κ2) is 3.27. The number of ketones is 1. The first-order valence-electron chi connectivity index (χ1n) is 2.96. The van der Waals surface area contributed by atoms with E-state index in [1.54, 1.807) is 0 Å². The Bertz CT molecular complexity index is 306. The molecule has 1 aromatic heterocycles. The highest BCUT2D eigenvalue weighted by atomic mass is 35.5. The van der Waals surface area contributed by atoms with Gasteiger partial charge in [-0.05, 0) is 23.7 Å². The SMILES string of the molecule is C#CCC(=O)c1ccc(Cl)o1. The Morgan fingerprint density at radius 1 is 1.73 bits per heavy atom. The molecule has 56 valence electrons. The van der Waals surface area contributed by atoms with Gasteiger partial charge in [0.2, 0.25) is 5.78 Å². The van der Waals surface area contributed by atoms with E-state index in [9.17, 15) is 4.79 Å². The predicted molar refractivity (Wildman–Crippen MR) is 41.5 cm³/mol. The smallest absolute Gasteiger partial charge is 0.209 e. The number of carbonyl (C=O) groups excluding carboxylic acids is 1. The highest BCUT2D eigenvalue weighted by molar-refractivity contribution is 6.29. The van der Waals surface area contributed by atoms with Crippen LogP contribution < -0.4 is 0 Å². The van der Waals surface area contributed by atoms with Crippen molar-refractivity contribution in [1.82, 2.24) is 0 Å². The molecular formula is C8H5ClO2. The van der Waals surface area contributed by atoms with Crippen LogP contribution in [0.4, 0.5) is 0 Å². The van der Waals surface area contributed by atoms with Crippen molar-refractivity contribution in [3.8, 4) is 12.3 Å². The lowest BCUT2D eigenvalue weighted by molar-refractivity contribution is 0.0972. The monoisotopic (exact) mass is 168 g/mol. The molecule has 0 unspecified atom stereocenters. The summed E-state index contributed by atoms with van der Waals surface area (Å²) in [5, 5.41) is 0.199. The Morgan fingerprint density at radius 3 is 2.91 bits per heavy atom. The van der Waals surface area contributed by atoms with E-state index in [0.29, 0.717) is 0 Å². The molecule has 0 spiro atoms. The number of rotatable bonds is 2. The minimum absolute atomic E-state index is 0.0455. The first kappa shape index (κ1) is 7.90. The maximum absolute atomic E-state index is 11.0. The number of halogens is 1. The zero-order chi connectivity index (χ0) is 8.27. The Labute approximate surface area is 69.1 Å². The van der Waals surface area contributed by atoms with Crippen LogP contribution in [0.2, 0.25) is 5.22 Å². The van der Waals surface area contributed by atoms with Crippen molar-refractivity contribution in [2.45, 2.75) is 6.42 Å². The van der Waals surface area contributed by atoms with Gasteiger partial charge in [-0.3, -0.25) is 4.79 Å². The van der Waals surface area contributed by atoms with E-state index in [1.165, 1.54) is 12.1 Å². The molecule has 0 atom stereocenters. The lowest BCUT2D eigenvalue weighted by atomic mass is 10.2. The van der Waals surface area contributed by atoms with Crippen LogP contribution in [-0.2, 0) is 0 Å². The maximum atomic E-state index is 11.0. The van der Waals surface area contributed by atoms with E-state index < -0.39 is 0 Å². The van der Waals surface area contributed by atoms with Crippen LogP contribution in [0.25, 0.3) is 0 Å². The molecule has 0 saturated carbocycles. The molecule has 2 nitrogen and oxygen atoms in total. The summed E-state index contributed by atoms with van der Waals surface area (Å²) in [6.45, 7) is 0. The van der Waals surface area contributed by atoms with Gasteiger partial charge < -0.3 is 4.42 Å². The van der Waals surface area contributed by atoms with Gasteiger partial charge in [0.1, 0.15) is 0 Å². The Kier molecular flexibility index (Phi) is 2.35. The summed E-state index contributed by atoms with van der Waals surface area (Å²) >= 11 is 5.43. The average Bonchev–Trinajstić information content (AvgIpc) is 2.36. The molecule has 0 aliphatic carbocycles. The van der Waals surface area contributed by atoms with E-state index in [0.717, 1.165) is 0 Å². The van der Waals surface area contributed by atoms with Gasteiger partial charge >= 0.3 is 0 Å². The number of carbonyl (C=O) groups is 1. The van der Waals surface area contributed by atoms with Crippen molar-refractivity contribution in [2.75, 3.05) is 0 Å². The largest absolute Gasteiger partial charge is 0.442 e. The molecule has 0 saturated heterocycles. The highest BCUT2D eigenvalue weighted by Gasteiger charge is 2.07. The van der Waals surface area contributed by atoms with E-state index in [1.807, 2.05) is 0 Å². The van der Waals surface area contributed by atoms with E-state index in [4.69, 9.17) is 22.4 Å². The molecule has 1 rings (SSSR count). The summed E-state index contributed by atoms with van der Waals surface area (Å²) in [4.78, 5) is 11.0. The third-order valence-electron chi connectivity index (χ3n) is 1.11. The van der Waals surface area contributed by atoms with Gasteiger partial charge in [-0.25, -0.2) is 0 Å². The molecule has 0 bridgehead atoms. The molecule has 0 fully saturated rings. The van der Waals surface area contributed by atoms with Crippen molar-refractivity contribution in [1.29, 1.82) is 0 Å². The zero-order valence-electron chi connectivity index (χ0n) is 5.63. The molecule has 1 heterocycles.